The van der Waals surface area contributed by atoms with Gasteiger partial charge in [-0.2, -0.15) is 12.6 Å². The summed E-state index contributed by atoms with van der Waals surface area (Å²) in [6.45, 7) is 1.20. The second-order valence-corrected chi connectivity index (χ2v) is 17.6. The molecule has 3 aromatic rings. The lowest BCUT2D eigenvalue weighted by atomic mass is 9.97. The molecule has 0 aromatic heterocycles. The fourth-order valence-electron chi connectivity index (χ4n) is 7.73. The van der Waals surface area contributed by atoms with Crippen molar-refractivity contribution in [2.45, 2.75) is 101 Å². The molecule has 4 rings (SSSR count). The smallest absolute Gasteiger partial charge is 0.326 e. The highest BCUT2D eigenvalue weighted by Crippen LogP contribution is 2.19. The maximum absolute atomic E-state index is 13.9. The topological polar surface area (TPSA) is 328 Å². The summed E-state index contributed by atoms with van der Waals surface area (Å²) in [7, 11) is 0. The number of hydrogen-bond acceptors (Lipinski definition) is 13. The first-order valence-corrected chi connectivity index (χ1v) is 23.9. The number of aliphatic hydroxyl groups is 2. The summed E-state index contributed by atoms with van der Waals surface area (Å²) in [4.78, 5) is 121. The zero-order chi connectivity index (χ0) is 52.0. The van der Waals surface area contributed by atoms with Crippen molar-refractivity contribution >= 4 is 65.9 Å². The van der Waals surface area contributed by atoms with Gasteiger partial charge in [0.25, 0.3) is 0 Å². The molecule has 1 aliphatic rings. The molecule has 9 atom stereocenters. The van der Waals surface area contributed by atoms with E-state index in [1.807, 2.05) is 30.3 Å². The maximum Gasteiger partial charge on any atom is 0.326 e. The van der Waals surface area contributed by atoms with E-state index in [0.29, 0.717) is 36.9 Å². The number of thiol groups is 1. The number of rotatable bonds is 27. The van der Waals surface area contributed by atoms with E-state index in [1.165, 1.54) is 4.90 Å². The third-order valence-electron chi connectivity index (χ3n) is 11.9. The molecule has 12 N–H and O–H groups in total. The second-order valence-electron chi connectivity index (χ2n) is 17.2. The minimum absolute atomic E-state index is 0.0420. The summed E-state index contributed by atoms with van der Waals surface area (Å²) in [5, 5.41) is 47.5. The number of likely N-dealkylation sites (tertiary alicyclic amines) is 1. The van der Waals surface area contributed by atoms with Gasteiger partial charge in [-0.15, -0.1) is 0 Å². The number of carbonyl (C=O) groups excluding carboxylic acids is 8. The predicted molar refractivity (Wildman–Crippen MR) is 263 cm³/mol. The Bertz CT molecular complexity index is 2280. The SMILES string of the molecule is CC[C@H](C)[C@H](NC(=O)[C@H](CO)NC(=O)[C@H](Cc1ccccc1)NC(=O)[C@H](CO)NC(=O)[C@H](CS)NC(=O)CNC(=O)[C@@H]1CCCN1C(=O)[C@@H](N)Cc1ccccc1)C(=O)N[C@@H](Cc1ccccc1)C(=O)O. The van der Waals surface area contributed by atoms with Crippen LogP contribution in [0, 0.1) is 5.92 Å². The van der Waals surface area contributed by atoms with Crippen LogP contribution in [0.2, 0.25) is 0 Å². The molecule has 1 fully saturated rings. The molecular weight excluding hydrogens is 939 g/mol. The molecule has 22 heteroatoms. The summed E-state index contributed by atoms with van der Waals surface area (Å²) in [6.07, 6.45) is 1.32. The van der Waals surface area contributed by atoms with Gasteiger partial charge in [0.15, 0.2) is 0 Å². The van der Waals surface area contributed by atoms with Crippen LogP contribution < -0.4 is 43.0 Å². The highest BCUT2D eigenvalue weighted by molar-refractivity contribution is 7.80. The number of nitrogens with two attached hydrogens (primary N) is 1. The molecular formula is C49H65N9O12S. The van der Waals surface area contributed by atoms with Crippen LogP contribution in [0.1, 0.15) is 49.8 Å². The summed E-state index contributed by atoms with van der Waals surface area (Å²) >= 11 is 4.15. The molecule has 21 nitrogen and oxygen atoms in total. The van der Waals surface area contributed by atoms with Crippen molar-refractivity contribution in [2.75, 3.05) is 32.1 Å². The molecule has 0 radical (unpaired) electrons. The normalized spacial score (nSPS) is 16.5. The molecule has 1 heterocycles. The van der Waals surface area contributed by atoms with Gasteiger partial charge in [0.2, 0.25) is 47.3 Å². The van der Waals surface area contributed by atoms with Crippen molar-refractivity contribution in [3.8, 4) is 0 Å². The van der Waals surface area contributed by atoms with E-state index in [4.69, 9.17) is 5.73 Å². The molecule has 0 aliphatic carbocycles. The number of aliphatic carboxylic acids is 1. The Hall–Kier alpha value is -6.88. The first kappa shape index (κ1) is 56.7. The van der Waals surface area contributed by atoms with Crippen molar-refractivity contribution in [3.05, 3.63) is 108 Å². The Morgan fingerprint density at radius 3 is 1.58 bits per heavy atom. The number of carbonyl (C=O) groups is 9. The number of amides is 8. The summed E-state index contributed by atoms with van der Waals surface area (Å²) in [5.41, 5.74) is 8.25. The van der Waals surface area contributed by atoms with Crippen LogP contribution in [0.15, 0.2) is 91.0 Å². The van der Waals surface area contributed by atoms with Gasteiger partial charge in [0.1, 0.15) is 42.3 Å². The third kappa shape index (κ3) is 17.5. The van der Waals surface area contributed by atoms with Gasteiger partial charge in [0, 0.05) is 25.1 Å². The van der Waals surface area contributed by atoms with Crippen LogP contribution in [-0.2, 0) is 62.4 Å². The van der Waals surface area contributed by atoms with E-state index in [0.717, 1.165) is 5.56 Å². The summed E-state index contributed by atoms with van der Waals surface area (Å²) in [6, 6.07) is 15.6. The Balaban J connectivity index is 1.36. The fourth-order valence-corrected chi connectivity index (χ4v) is 7.98. The highest BCUT2D eigenvalue weighted by atomic mass is 32.1. The van der Waals surface area contributed by atoms with Crippen molar-refractivity contribution < 1.29 is 58.5 Å². The number of hydrogen-bond donors (Lipinski definition) is 12. The van der Waals surface area contributed by atoms with Crippen molar-refractivity contribution in [1.29, 1.82) is 0 Å². The third-order valence-corrected chi connectivity index (χ3v) is 12.3. The lowest BCUT2D eigenvalue weighted by Gasteiger charge is -2.28. The summed E-state index contributed by atoms with van der Waals surface area (Å²) in [5.74, 6) is -8.69. The van der Waals surface area contributed by atoms with Crippen molar-refractivity contribution in [2.24, 2.45) is 11.7 Å². The first-order valence-electron chi connectivity index (χ1n) is 23.3. The van der Waals surface area contributed by atoms with Crippen LogP contribution in [0.25, 0.3) is 0 Å². The monoisotopic (exact) mass is 1000 g/mol. The van der Waals surface area contributed by atoms with Gasteiger partial charge in [-0.05, 0) is 41.9 Å². The number of carboxylic acids is 1. The molecule has 384 valence electrons. The fraction of sp³-hybridized carbons (Fsp3) is 0.449. The predicted octanol–water partition coefficient (Wildman–Crippen LogP) is -1.90. The zero-order valence-corrected chi connectivity index (χ0v) is 40.5. The van der Waals surface area contributed by atoms with Gasteiger partial charge in [-0.25, -0.2) is 4.79 Å². The van der Waals surface area contributed by atoms with Crippen molar-refractivity contribution in [1.82, 2.24) is 42.1 Å². The van der Waals surface area contributed by atoms with E-state index >= 15 is 0 Å². The molecule has 71 heavy (non-hydrogen) atoms. The maximum atomic E-state index is 13.9. The second kappa shape index (κ2) is 28.7. The van der Waals surface area contributed by atoms with Crippen molar-refractivity contribution in [3.63, 3.8) is 0 Å². The van der Waals surface area contributed by atoms with Crippen LogP contribution in [0.3, 0.4) is 0 Å². The number of carboxylic acid groups (broad SMARTS) is 1. The van der Waals surface area contributed by atoms with E-state index in [2.05, 4.69) is 49.8 Å². The molecule has 8 amide bonds. The van der Waals surface area contributed by atoms with Gasteiger partial charge >= 0.3 is 5.97 Å². The number of nitrogens with one attached hydrogen (secondary N) is 7. The quantitative estimate of drug-likeness (QED) is 0.0372. The van der Waals surface area contributed by atoms with Crippen LogP contribution >= 0.6 is 12.6 Å². The molecule has 0 unspecified atom stereocenters. The zero-order valence-electron chi connectivity index (χ0n) is 39.6. The van der Waals surface area contributed by atoms with Crippen LogP contribution in [-0.4, -0.2) is 154 Å². The van der Waals surface area contributed by atoms with Crippen LogP contribution in [0.5, 0.6) is 0 Å². The Kier molecular flexibility index (Phi) is 22.9. The number of aliphatic hydroxyl groups excluding tert-OH is 2. The Morgan fingerprint density at radius 1 is 0.634 bits per heavy atom. The lowest BCUT2D eigenvalue weighted by molar-refractivity contribution is -0.142. The first-order chi connectivity index (χ1) is 34.0. The van der Waals surface area contributed by atoms with Gasteiger partial charge in [-0.3, -0.25) is 38.4 Å². The van der Waals surface area contributed by atoms with Gasteiger partial charge < -0.3 is 63.2 Å². The van der Waals surface area contributed by atoms with E-state index < -0.39 is 127 Å². The van der Waals surface area contributed by atoms with Gasteiger partial charge in [0.05, 0.1) is 25.8 Å². The molecule has 1 saturated heterocycles. The number of nitrogens with zero attached hydrogens (tertiary/aromatic N) is 1. The minimum atomic E-state index is -1.69. The molecule has 1 aliphatic heterocycles. The molecule has 0 saturated carbocycles. The standard InChI is InChI=1S/C49H65N9O12S/c1-3-29(2)41(47(67)54-35(49(69)70)24-32-18-11-6-12-19-32)57-44(64)37(27-60)55-42(62)34(23-31-16-9-5-10-17-31)53-43(63)36(26-59)56-45(65)38(28-71)52-40(61)25-51-46(66)39-20-13-21-58(39)48(68)33(50)22-30-14-7-4-8-15-30/h4-12,14-19,29,33-39,41,59-60,71H,3,13,20-28,50H2,1-2H3,(H,51,66)(H,52,61)(H,53,63)(H,54,67)(H,55,62)(H,56,65)(H,57,64)(H,69,70)/t29-,33-,34-,35-,36-,37-,38-,39-,41-/m0/s1. The summed E-state index contributed by atoms with van der Waals surface area (Å²) < 4.78 is 0. The Labute approximate surface area is 417 Å². The average Bonchev–Trinajstić information content (AvgIpc) is 3.87. The number of benzene rings is 3. The average molecular weight is 1000 g/mol. The highest BCUT2D eigenvalue weighted by Gasteiger charge is 2.37. The Morgan fingerprint density at radius 2 is 1.08 bits per heavy atom. The lowest BCUT2D eigenvalue weighted by Crippen LogP contribution is -2.61. The van der Waals surface area contributed by atoms with E-state index in [-0.39, 0.29) is 25.0 Å². The molecule has 0 spiro atoms. The molecule has 0 bridgehead atoms. The largest absolute Gasteiger partial charge is 0.480 e. The minimum Gasteiger partial charge on any atom is -0.480 e. The van der Waals surface area contributed by atoms with E-state index in [1.54, 1.807) is 74.5 Å². The van der Waals surface area contributed by atoms with Gasteiger partial charge in [-0.1, -0.05) is 111 Å². The molecule has 3 aromatic carbocycles. The van der Waals surface area contributed by atoms with E-state index in [9.17, 15) is 58.5 Å². The van der Waals surface area contributed by atoms with Crippen LogP contribution in [0.4, 0.5) is 0 Å².